The van der Waals surface area contributed by atoms with Gasteiger partial charge in [0.15, 0.2) is 5.78 Å². The van der Waals surface area contributed by atoms with Crippen LogP contribution in [0.15, 0.2) is 78.9 Å². The Morgan fingerprint density at radius 2 is 1.41 bits per heavy atom. The predicted molar refractivity (Wildman–Crippen MR) is 141 cm³/mol. The summed E-state index contributed by atoms with van der Waals surface area (Å²) in [6, 6.07) is 20.0. The van der Waals surface area contributed by atoms with E-state index in [1.54, 1.807) is 68.4 Å². The molecule has 0 N–H and O–H groups in total. The van der Waals surface area contributed by atoms with Gasteiger partial charge in [0, 0.05) is 22.7 Å². The fraction of sp³-hybridized carbons (Fsp3) is 0.276. The van der Waals surface area contributed by atoms with Crippen molar-refractivity contribution < 1.29 is 33.5 Å². The van der Waals surface area contributed by atoms with Crippen molar-refractivity contribution in [2.45, 2.75) is 26.1 Å². The zero-order valence-corrected chi connectivity index (χ0v) is 22.0. The summed E-state index contributed by atoms with van der Waals surface area (Å²) >= 11 is 6.10. The topological polar surface area (TPSA) is 122 Å². The Morgan fingerprint density at radius 3 is 1.92 bits per heavy atom. The summed E-state index contributed by atoms with van der Waals surface area (Å²) in [4.78, 5) is 52.8. The Bertz CT molecular complexity index is 1340. The highest BCUT2D eigenvalue weighted by Gasteiger charge is 2.70. The van der Waals surface area contributed by atoms with Crippen molar-refractivity contribution in [3.05, 3.63) is 111 Å². The monoisotopic (exact) mass is 551 g/mol. The van der Waals surface area contributed by atoms with Crippen LogP contribution in [0.25, 0.3) is 0 Å². The highest BCUT2D eigenvalue weighted by atomic mass is 35.5. The SMILES string of the molecule is CCOC(=O)C1(C(=O)OCC)[C@H](C(=O)c2ccccc2)[C@@H](c2ccc([N+](=O)[O-])cc2)O[C@H]1c1ccc(Cl)cc1. The van der Waals surface area contributed by atoms with E-state index in [2.05, 4.69) is 0 Å². The van der Waals surface area contributed by atoms with E-state index in [0.29, 0.717) is 16.1 Å². The second kappa shape index (κ2) is 11.8. The minimum Gasteiger partial charge on any atom is -0.465 e. The largest absolute Gasteiger partial charge is 0.465 e. The summed E-state index contributed by atoms with van der Waals surface area (Å²) in [5, 5.41) is 11.7. The van der Waals surface area contributed by atoms with Crippen LogP contribution >= 0.6 is 11.6 Å². The third-order valence-corrected chi connectivity index (χ3v) is 6.91. The van der Waals surface area contributed by atoms with Gasteiger partial charge < -0.3 is 14.2 Å². The van der Waals surface area contributed by atoms with Gasteiger partial charge in [0.25, 0.3) is 5.69 Å². The van der Waals surface area contributed by atoms with Crippen molar-refractivity contribution in [2.75, 3.05) is 13.2 Å². The number of nitrogens with zero attached hydrogens (tertiary/aromatic N) is 1. The van der Waals surface area contributed by atoms with Crippen molar-refractivity contribution in [3.8, 4) is 0 Å². The molecule has 0 saturated carbocycles. The number of Topliss-reactive ketones (excluding diaryl/α,β-unsaturated/α-hetero) is 1. The zero-order chi connectivity index (χ0) is 28.2. The summed E-state index contributed by atoms with van der Waals surface area (Å²) in [7, 11) is 0. The quantitative estimate of drug-likeness (QED) is 0.109. The number of carbonyl (C=O) groups excluding carboxylic acids is 3. The number of carbonyl (C=O) groups is 3. The van der Waals surface area contributed by atoms with Crippen molar-refractivity contribution in [2.24, 2.45) is 11.3 Å². The van der Waals surface area contributed by atoms with Crippen LogP contribution in [0.5, 0.6) is 0 Å². The standard InChI is InChI=1S/C29H26ClNO8/c1-3-37-27(33)29(28(34)38-4-2)23(24(32)18-8-6-5-7-9-18)25(19-12-16-22(17-13-19)31(35)36)39-26(29)20-10-14-21(30)15-11-20/h5-17,23,25-26H,3-4H2,1-2H3/t23-,25-,26+/m1/s1. The molecule has 1 heterocycles. The molecule has 1 aliphatic heterocycles. The van der Waals surface area contributed by atoms with Gasteiger partial charge in [-0.05, 0) is 49.2 Å². The van der Waals surface area contributed by atoms with Gasteiger partial charge in [-0.3, -0.25) is 24.5 Å². The zero-order valence-electron chi connectivity index (χ0n) is 21.2. The number of nitro benzene ring substituents is 1. The minimum atomic E-state index is -2.24. The van der Waals surface area contributed by atoms with Crippen LogP contribution in [-0.2, 0) is 23.8 Å². The number of benzene rings is 3. The number of nitro groups is 1. The van der Waals surface area contributed by atoms with E-state index in [0.717, 1.165) is 0 Å². The average molecular weight is 552 g/mol. The molecule has 0 amide bonds. The lowest BCUT2D eigenvalue weighted by atomic mass is 9.66. The Kier molecular flexibility index (Phi) is 8.42. The van der Waals surface area contributed by atoms with E-state index in [9.17, 15) is 24.5 Å². The molecule has 1 saturated heterocycles. The van der Waals surface area contributed by atoms with Gasteiger partial charge in [0.2, 0.25) is 5.41 Å². The lowest BCUT2D eigenvalue weighted by molar-refractivity contribution is -0.384. The van der Waals surface area contributed by atoms with Crippen molar-refractivity contribution in [3.63, 3.8) is 0 Å². The van der Waals surface area contributed by atoms with E-state index in [4.69, 9.17) is 25.8 Å². The Labute approximate surface area is 229 Å². The Hall–Kier alpha value is -4.08. The first-order chi connectivity index (χ1) is 18.7. The Balaban J connectivity index is 2.01. The molecule has 0 aromatic heterocycles. The lowest BCUT2D eigenvalue weighted by Gasteiger charge is -2.33. The fourth-order valence-corrected chi connectivity index (χ4v) is 5.07. The molecule has 0 spiro atoms. The molecule has 39 heavy (non-hydrogen) atoms. The maximum atomic E-state index is 14.2. The molecule has 4 rings (SSSR count). The van der Waals surface area contributed by atoms with Crippen LogP contribution in [0.3, 0.4) is 0 Å². The van der Waals surface area contributed by atoms with Crippen LogP contribution in [0.4, 0.5) is 5.69 Å². The molecular formula is C29H26ClNO8. The number of ether oxygens (including phenoxy) is 3. The first kappa shape index (κ1) is 27.9. The second-order valence-corrected chi connectivity index (χ2v) is 9.29. The number of hydrogen-bond acceptors (Lipinski definition) is 8. The highest BCUT2D eigenvalue weighted by Crippen LogP contribution is 2.59. The van der Waals surface area contributed by atoms with Gasteiger partial charge in [-0.2, -0.15) is 0 Å². The molecule has 0 unspecified atom stereocenters. The molecule has 0 bridgehead atoms. The molecule has 0 aliphatic carbocycles. The molecule has 3 aromatic carbocycles. The number of hydrogen-bond donors (Lipinski definition) is 0. The lowest BCUT2D eigenvalue weighted by Crippen LogP contribution is -2.51. The number of halogens is 1. The normalized spacial score (nSPS) is 19.7. The van der Waals surface area contributed by atoms with Gasteiger partial charge >= 0.3 is 11.9 Å². The highest BCUT2D eigenvalue weighted by molar-refractivity contribution is 6.30. The summed E-state index contributed by atoms with van der Waals surface area (Å²) in [5.41, 5.74) is -1.40. The first-order valence-corrected chi connectivity index (χ1v) is 12.7. The molecule has 3 atom stereocenters. The van der Waals surface area contributed by atoms with E-state index in [1.807, 2.05) is 0 Å². The van der Waals surface area contributed by atoms with Crippen molar-refractivity contribution >= 4 is 35.0 Å². The van der Waals surface area contributed by atoms with Gasteiger partial charge in [0.05, 0.1) is 30.2 Å². The van der Waals surface area contributed by atoms with E-state index in [-0.39, 0.29) is 24.5 Å². The van der Waals surface area contributed by atoms with E-state index in [1.165, 1.54) is 24.3 Å². The number of non-ortho nitro benzene ring substituents is 1. The molecule has 202 valence electrons. The van der Waals surface area contributed by atoms with E-state index < -0.39 is 46.2 Å². The smallest absolute Gasteiger partial charge is 0.327 e. The molecule has 10 heteroatoms. The van der Waals surface area contributed by atoms with Crippen LogP contribution in [0, 0.1) is 21.4 Å². The van der Waals surface area contributed by atoms with Crippen LogP contribution < -0.4 is 0 Å². The van der Waals surface area contributed by atoms with Gasteiger partial charge in [-0.25, -0.2) is 0 Å². The third-order valence-electron chi connectivity index (χ3n) is 6.66. The van der Waals surface area contributed by atoms with Gasteiger partial charge in [-0.1, -0.05) is 54.1 Å². The van der Waals surface area contributed by atoms with E-state index >= 15 is 0 Å². The van der Waals surface area contributed by atoms with Crippen LogP contribution in [0.2, 0.25) is 5.02 Å². The van der Waals surface area contributed by atoms with Gasteiger partial charge in [-0.15, -0.1) is 0 Å². The van der Waals surface area contributed by atoms with Gasteiger partial charge in [0.1, 0.15) is 6.10 Å². The minimum absolute atomic E-state index is 0.0677. The fourth-order valence-electron chi connectivity index (χ4n) is 4.95. The molecule has 0 radical (unpaired) electrons. The summed E-state index contributed by atoms with van der Waals surface area (Å²) in [5.74, 6) is -3.92. The molecule has 3 aromatic rings. The second-order valence-electron chi connectivity index (χ2n) is 8.85. The maximum Gasteiger partial charge on any atom is 0.327 e. The predicted octanol–water partition coefficient (Wildman–Crippen LogP) is 5.67. The van der Waals surface area contributed by atoms with Crippen LogP contribution in [-0.4, -0.2) is 35.9 Å². The summed E-state index contributed by atoms with van der Waals surface area (Å²) in [6.07, 6.45) is -2.46. The number of ketones is 1. The first-order valence-electron chi connectivity index (χ1n) is 12.3. The summed E-state index contributed by atoms with van der Waals surface area (Å²) < 4.78 is 17.3. The molecule has 1 fully saturated rings. The molecular weight excluding hydrogens is 526 g/mol. The number of esters is 2. The number of rotatable bonds is 9. The molecule has 9 nitrogen and oxygen atoms in total. The third kappa shape index (κ3) is 5.15. The average Bonchev–Trinajstić information content (AvgIpc) is 3.31. The molecule has 1 aliphatic rings. The van der Waals surface area contributed by atoms with Crippen molar-refractivity contribution in [1.29, 1.82) is 0 Å². The van der Waals surface area contributed by atoms with Crippen LogP contribution in [0.1, 0.15) is 47.5 Å². The maximum absolute atomic E-state index is 14.2. The van der Waals surface area contributed by atoms with Crippen molar-refractivity contribution in [1.82, 2.24) is 0 Å². The summed E-state index contributed by atoms with van der Waals surface area (Å²) in [6.45, 7) is 3.04. The Morgan fingerprint density at radius 1 is 0.872 bits per heavy atom.